The van der Waals surface area contributed by atoms with Crippen molar-refractivity contribution in [1.29, 1.82) is 0 Å². The van der Waals surface area contributed by atoms with Crippen LogP contribution in [-0.2, 0) is 21.4 Å². The number of aliphatic imine (C=N–C) groups is 1. The number of methoxy groups -OCH3 is 1. The number of carbonyl (C=O) groups is 1. The van der Waals surface area contributed by atoms with E-state index < -0.39 is 0 Å². The van der Waals surface area contributed by atoms with Crippen LogP contribution in [0.2, 0.25) is 0 Å². The molecule has 0 atom stereocenters. The molecule has 0 spiro atoms. The molecule has 0 aromatic heterocycles. The highest BCUT2D eigenvalue weighted by atomic mass is 127. The number of halogens is 1. The number of nitrogens with zero attached hydrogens (tertiary/aromatic N) is 1. The normalized spacial score (nSPS) is 11.5. The Morgan fingerprint density at radius 1 is 1.07 bits per heavy atom. The molecule has 1 aromatic carbocycles. The van der Waals surface area contributed by atoms with E-state index in [1.54, 1.807) is 7.11 Å². The van der Waals surface area contributed by atoms with Crippen molar-refractivity contribution in [1.82, 2.24) is 16.0 Å². The first kappa shape index (κ1) is 25.6. The van der Waals surface area contributed by atoms with Gasteiger partial charge in [-0.15, -0.1) is 24.0 Å². The molecule has 0 heterocycles. The third-order valence-electron chi connectivity index (χ3n) is 3.88. The minimum Gasteiger partial charge on any atom is -0.383 e. The van der Waals surface area contributed by atoms with E-state index >= 15 is 0 Å². The van der Waals surface area contributed by atoms with Crippen LogP contribution in [0.15, 0.2) is 29.3 Å². The number of guanidine groups is 1. The first-order valence-corrected chi connectivity index (χ1v) is 9.24. The number of ether oxygens (including phenoxy) is 1. The standard InChI is InChI=1S/C20H34N4O2.HI/c1-6-21-19(24-15-18(25)22-13-14-26-5)23-12-11-16-7-9-17(10-8-16)20(2,3)4;/h7-10H,6,11-15H2,1-5H3,(H,22,25)(H2,21,23,24);1H. The van der Waals surface area contributed by atoms with Gasteiger partial charge in [0.1, 0.15) is 6.54 Å². The Labute approximate surface area is 181 Å². The van der Waals surface area contributed by atoms with Crippen molar-refractivity contribution in [2.75, 3.05) is 39.9 Å². The van der Waals surface area contributed by atoms with Gasteiger partial charge in [-0.3, -0.25) is 4.79 Å². The molecule has 154 valence electrons. The maximum absolute atomic E-state index is 11.7. The van der Waals surface area contributed by atoms with Crippen molar-refractivity contribution >= 4 is 35.8 Å². The maximum atomic E-state index is 11.7. The van der Waals surface area contributed by atoms with Gasteiger partial charge in [0.15, 0.2) is 5.96 Å². The summed E-state index contributed by atoms with van der Waals surface area (Å²) in [5.41, 5.74) is 2.79. The van der Waals surface area contributed by atoms with Crippen molar-refractivity contribution in [3.8, 4) is 0 Å². The SMILES string of the molecule is CCNC(=NCC(=O)NCCOC)NCCc1ccc(C(C)(C)C)cc1.I. The molecule has 27 heavy (non-hydrogen) atoms. The molecule has 0 saturated heterocycles. The summed E-state index contributed by atoms with van der Waals surface area (Å²) in [7, 11) is 1.61. The van der Waals surface area contributed by atoms with Gasteiger partial charge in [0.25, 0.3) is 0 Å². The molecule has 0 bridgehead atoms. The monoisotopic (exact) mass is 490 g/mol. The third kappa shape index (κ3) is 11.2. The third-order valence-corrected chi connectivity index (χ3v) is 3.88. The Hall–Kier alpha value is -1.35. The topological polar surface area (TPSA) is 74.8 Å². The quantitative estimate of drug-likeness (QED) is 0.215. The van der Waals surface area contributed by atoms with Crippen LogP contribution in [-0.4, -0.2) is 51.8 Å². The molecule has 3 N–H and O–H groups in total. The lowest BCUT2D eigenvalue weighted by Gasteiger charge is -2.19. The van der Waals surface area contributed by atoms with Gasteiger partial charge in [-0.2, -0.15) is 0 Å². The summed E-state index contributed by atoms with van der Waals surface area (Å²) in [4.78, 5) is 16.0. The minimum absolute atomic E-state index is 0. The number of rotatable bonds is 9. The van der Waals surface area contributed by atoms with Crippen LogP contribution >= 0.6 is 24.0 Å². The number of hydrogen-bond donors (Lipinski definition) is 3. The molecule has 0 aliphatic heterocycles. The molecule has 0 aliphatic carbocycles. The predicted molar refractivity (Wildman–Crippen MR) is 123 cm³/mol. The Kier molecular flexibility index (Phi) is 13.1. The van der Waals surface area contributed by atoms with E-state index in [-0.39, 0.29) is 41.8 Å². The Balaban J connectivity index is 0.00000676. The number of hydrogen-bond acceptors (Lipinski definition) is 3. The van der Waals surface area contributed by atoms with Gasteiger partial charge in [-0.25, -0.2) is 4.99 Å². The van der Waals surface area contributed by atoms with E-state index in [4.69, 9.17) is 4.74 Å². The summed E-state index contributed by atoms with van der Waals surface area (Å²) in [5, 5.41) is 9.18. The van der Waals surface area contributed by atoms with E-state index in [0.717, 1.165) is 19.5 Å². The van der Waals surface area contributed by atoms with Crippen LogP contribution < -0.4 is 16.0 Å². The zero-order chi connectivity index (χ0) is 19.4. The van der Waals surface area contributed by atoms with Gasteiger partial charge in [0.05, 0.1) is 6.61 Å². The van der Waals surface area contributed by atoms with Crippen molar-refractivity contribution in [3.63, 3.8) is 0 Å². The van der Waals surface area contributed by atoms with Crippen LogP contribution in [0.3, 0.4) is 0 Å². The predicted octanol–water partition coefficient (Wildman–Crippen LogP) is 2.46. The number of amides is 1. The zero-order valence-corrected chi connectivity index (χ0v) is 19.6. The van der Waals surface area contributed by atoms with Crippen LogP contribution in [0, 0.1) is 0 Å². The molecule has 1 aromatic rings. The molecular formula is C20H35IN4O2. The summed E-state index contributed by atoms with van der Waals surface area (Å²) in [6, 6.07) is 8.74. The lowest BCUT2D eigenvalue weighted by atomic mass is 9.86. The summed E-state index contributed by atoms with van der Waals surface area (Å²) in [6.45, 7) is 11.3. The van der Waals surface area contributed by atoms with E-state index in [9.17, 15) is 4.79 Å². The van der Waals surface area contributed by atoms with Gasteiger partial charge in [-0.05, 0) is 29.9 Å². The summed E-state index contributed by atoms with van der Waals surface area (Å²) in [5.74, 6) is 0.540. The van der Waals surface area contributed by atoms with Gasteiger partial charge < -0.3 is 20.7 Å². The van der Waals surface area contributed by atoms with Crippen molar-refractivity contribution in [3.05, 3.63) is 35.4 Å². The maximum Gasteiger partial charge on any atom is 0.241 e. The summed E-state index contributed by atoms with van der Waals surface area (Å²) < 4.78 is 4.90. The lowest BCUT2D eigenvalue weighted by molar-refractivity contribution is -0.119. The molecule has 7 heteroatoms. The second-order valence-electron chi connectivity index (χ2n) is 7.16. The fourth-order valence-corrected chi connectivity index (χ4v) is 2.34. The van der Waals surface area contributed by atoms with E-state index in [2.05, 4.69) is 66.0 Å². The highest BCUT2D eigenvalue weighted by Crippen LogP contribution is 2.22. The molecule has 0 saturated carbocycles. The molecule has 0 radical (unpaired) electrons. The van der Waals surface area contributed by atoms with Gasteiger partial charge in [-0.1, -0.05) is 45.0 Å². The minimum atomic E-state index is -0.114. The van der Waals surface area contributed by atoms with Crippen molar-refractivity contribution < 1.29 is 9.53 Å². The Bertz CT molecular complexity index is 568. The number of nitrogens with one attached hydrogen (secondary N) is 3. The fraction of sp³-hybridized carbons (Fsp3) is 0.600. The first-order valence-electron chi connectivity index (χ1n) is 9.24. The van der Waals surface area contributed by atoms with Crippen LogP contribution in [0.4, 0.5) is 0 Å². The van der Waals surface area contributed by atoms with Gasteiger partial charge in [0.2, 0.25) is 5.91 Å². The largest absolute Gasteiger partial charge is 0.383 e. The van der Waals surface area contributed by atoms with E-state index in [1.807, 2.05) is 6.92 Å². The molecule has 0 unspecified atom stereocenters. The highest BCUT2D eigenvalue weighted by Gasteiger charge is 2.12. The van der Waals surface area contributed by atoms with Gasteiger partial charge in [0, 0.05) is 26.7 Å². The molecule has 0 aliphatic rings. The second kappa shape index (κ2) is 13.8. The second-order valence-corrected chi connectivity index (χ2v) is 7.16. The zero-order valence-electron chi connectivity index (χ0n) is 17.2. The molecule has 6 nitrogen and oxygen atoms in total. The van der Waals surface area contributed by atoms with Crippen molar-refractivity contribution in [2.45, 2.75) is 39.5 Å². The Morgan fingerprint density at radius 2 is 1.74 bits per heavy atom. The molecule has 1 amide bonds. The van der Waals surface area contributed by atoms with Crippen LogP contribution in [0.1, 0.15) is 38.8 Å². The molecule has 1 rings (SSSR count). The fourth-order valence-electron chi connectivity index (χ4n) is 2.34. The van der Waals surface area contributed by atoms with Crippen LogP contribution in [0.5, 0.6) is 0 Å². The molecular weight excluding hydrogens is 455 g/mol. The first-order chi connectivity index (χ1) is 12.4. The average Bonchev–Trinajstić information content (AvgIpc) is 2.59. The van der Waals surface area contributed by atoms with E-state index in [1.165, 1.54) is 11.1 Å². The van der Waals surface area contributed by atoms with Gasteiger partial charge >= 0.3 is 0 Å². The average molecular weight is 490 g/mol. The van der Waals surface area contributed by atoms with Crippen molar-refractivity contribution in [2.24, 2.45) is 4.99 Å². The van der Waals surface area contributed by atoms with Crippen LogP contribution in [0.25, 0.3) is 0 Å². The highest BCUT2D eigenvalue weighted by molar-refractivity contribution is 14.0. The number of carbonyl (C=O) groups excluding carboxylic acids is 1. The van der Waals surface area contributed by atoms with E-state index in [0.29, 0.717) is 19.1 Å². The molecule has 0 fully saturated rings. The smallest absolute Gasteiger partial charge is 0.241 e. The summed E-state index contributed by atoms with van der Waals surface area (Å²) >= 11 is 0. The Morgan fingerprint density at radius 3 is 2.30 bits per heavy atom. The number of benzene rings is 1. The summed E-state index contributed by atoms with van der Waals surface area (Å²) in [6.07, 6.45) is 0.898. The lowest BCUT2D eigenvalue weighted by Crippen LogP contribution is -2.39.